The van der Waals surface area contributed by atoms with Gasteiger partial charge in [0.15, 0.2) is 0 Å². The molecule has 1 aromatic heterocycles. The summed E-state index contributed by atoms with van der Waals surface area (Å²) < 4.78 is 1.85. The van der Waals surface area contributed by atoms with Crippen LogP contribution in [-0.4, -0.2) is 20.9 Å². The number of benzene rings is 1. The van der Waals surface area contributed by atoms with Gasteiger partial charge in [0, 0.05) is 18.1 Å². The minimum absolute atomic E-state index is 0.777. The van der Waals surface area contributed by atoms with E-state index in [1.807, 2.05) is 36.0 Å². The molecule has 0 bridgehead atoms. The molecule has 0 saturated carbocycles. The normalized spacial score (nSPS) is 11.9. The fraction of sp³-hybridized carbons (Fsp3) is 0.385. The van der Waals surface area contributed by atoms with Gasteiger partial charge in [-0.05, 0) is 32.4 Å². The SMILES string of the molecule is CCn1cc2ccc(C(C)(C)C(=O)O)cc2n1. The van der Waals surface area contributed by atoms with E-state index in [0.717, 1.165) is 23.0 Å². The Morgan fingerprint density at radius 2 is 2.18 bits per heavy atom. The summed E-state index contributed by atoms with van der Waals surface area (Å²) in [6, 6.07) is 5.64. The molecule has 0 aliphatic rings. The lowest BCUT2D eigenvalue weighted by molar-refractivity contribution is -0.142. The predicted molar refractivity (Wildman–Crippen MR) is 66.1 cm³/mol. The number of carbonyl (C=O) groups is 1. The molecule has 2 aromatic rings. The molecule has 0 aliphatic carbocycles. The fourth-order valence-electron chi connectivity index (χ4n) is 1.74. The summed E-state index contributed by atoms with van der Waals surface area (Å²) >= 11 is 0. The highest BCUT2D eigenvalue weighted by Crippen LogP contribution is 2.26. The van der Waals surface area contributed by atoms with Gasteiger partial charge in [0.2, 0.25) is 0 Å². The zero-order chi connectivity index (χ0) is 12.6. The molecule has 2 rings (SSSR count). The third kappa shape index (κ3) is 1.90. The minimum Gasteiger partial charge on any atom is -0.481 e. The van der Waals surface area contributed by atoms with Crippen molar-refractivity contribution in [3.8, 4) is 0 Å². The number of carboxylic acids is 1. The third-order valence-electron chi connectivity index (χ3n) is 3.14. The van der Waals surface area contributed by atoms with E-state index in [2.05, 4.69) is 5.10 Å². The van der Waals surface area contributed by atoms with Crippen LogP contribution in [-0.2, 0) is 16.8 Å². The van der Waals surface area contributed by atoms with E-state index in [0.29, 0.717) is 0 Å². The van der Waals surface area contributed by atoms with Gasteiger partial charge in [0.1, 0.15) is 0 Å². The average Bonchev–Trinajstić information content (AvgIpc) is 2.70. The largest absolute Gasteiger partial charge is 0.481 e. The molecule has 0 amide bonds. The van der Waals surface area contributed by atoms with Crippen LogP contribution in [0, 0.1) is 0 Å². The van der Waals surface area contributed by atoms with Crippen LogP contribution < -0.4 is 0 Å². The summed E-state index contributed by atoms with van der Waals surface area (Å²) in [5, 5.41) is 14.6. The molecule has 1 aromatic carbocycles. The van der Waals surface area contributed by atoms with Crippen molar-refractivity contribution in [3.05, 3.63) is 30.0 Å². The first-order valence-corrected chi connectivity index (χ1v) is 5.66. The standard InChI is InChI=1S/C13H16N2O2/c1-4-15-8-9-5-6-10(7-11(9)14-15)13(2,3)12(16)17/h5-8H,4H2,1-3H3,(H,16,17). The molecule has 1 N–H and O–H groups in total. The summed E-state index contributed by atoms with van der Waals surface area (Å²) in [4.78, 5) is 11.2. The number of aryl methyl sites for hydroxylation is 1. The lowest BCUT2D eigenvalue weighted by Crippen LogP contribution is -2.28. The molecule has 0 aliphatic heterocycles. The van der Waals surface area contributed by atoms with Crippen molar-refractivity contribution in [2.45, 2.75) is 32.7 Å². The first-order valence-electron chi connectivity index (χ1n) is 5.66. The van der Waals surface area contributed by atoms with Crippen molar-refractivity contribution in [2.24, 2.45) is 0 Å². The van der Waals surface area contributed by atoms with Gasteiger partial charge >= 0.3 is 5.97 Å². The zero-order valence-corrected chi connectivity index (χ0v) is 10.3. The first-order chi connectivity index (χ1) is 7.95. The quantitative estimate of drug-likeness (QED) is 0.884. The number of rotatable bonds is 3. The maximum atomic E-state index is 11.2. The first kappa shape index (κ1) is 11.6. The van der Waals surface area contributed by atoms with Gasteiger partial charge in [-0.2, -0.15) is 5.10 Å². The Morgan fingerprint density at radius 3 is 2.76 bits per heavy atom. The van der Waals surface area contributed by atoms with E-state index in [1.165, 1.54) is 0 Å². The maximum Gasteiger partial charge on any atom is 0.313 e. The van der Waals surface area contributed by atoms with Crippen LogP contribution in [0.4, 0.5) is 0 Å². The van der Waals surface area contributed by atoms with Gasteiger partial charge < -0.3 is 5.11 Å². The van der Waals surface area contributed by atoms with Crippen molar-refractivity contribution in [1.82, 2.24) is 9.78 Å². The Bertz CT molecular complexity index is 570. The second-order valence-electron chi connectivity index (χ2n) is 4.69. The average molecular weight is 232 g/mol. The topological polar surface area (TPSA) is 55.1 Å². The Labute approximate surface area is 99.9 Å². The van der Waals surface area contributed by atoms with E-state index in [4.69, 9.17) is 0 Å². The number of hydrogen-bond donors (Lipinski definition) is 1. The molecule has 0 unspecified atom stereocenters. The van der Waals surface area contributed by atoms with Crippen LogP contribution in [0.2, 0.25) is 0 Å². The van der Waals surface area contributed by atoms with E-state index in [-0.39, 0.29) is 0 Å². The highest BCUT2D eigenvalue weighted by molar-refractivity contribution is 5.84. The summed E-state index contributed by atoms with van der Waals surface area (Å²) in [5.74, 6) is -0.827. The van der Waals surface area contributed by atoms with Gasteiger partial charge in [-0.15, -0.1) is 0 Å². The lowest BCUT2D eigenvalue weighted by Gasteiger charge is -2.19. The van der Waals surface area contributed by atoms with Crippen molar-refractivity contribution in [1.29, 1.82) is 0 Å². The number of aromatic nitrogens is 2. The van der Waals surface area contributed by atoms with Gasteiger partial charge in [0.25, 0.3) is 0 Å². The van der Waals surface area contributed by atoms with Crippen molar-refractivity contribution < 1.29 is 9.90 Å². The molecule has 4 nitrogen and oxygen atoms in total. The molecule has 0 saturated heterocycles. The molecule has 1 heterocycles. The van der Waals surface area contributed by atoms with Crippen LogP contribution in [0.3, 0.4) is 0 Å². The van der Waals surface area contributed by atoms with Crippen molar-refractivity contribution in [2.75, 3.05) is 0 Å². The van der Waals surface area contributed by atoms with E-state index in [1.54, 1.807) is 13.8 Å². The Balaban J connectivity index is 2.54. The molecule has 17 heavy (non-hydrogen) atoms. The Morgan fingerprint density at radius 1 is 1.47 bits per heavy atom. The summed E-state index contributed by atoms with van der Waals surface area (Å²) in [6.45, 7) is 6.24. The summed E-state index contributed by atoms with van der Waals surface area (Å²) in [5.41, 5.74) is 0.738. The molecule has 4 heteroatoms. The predicted octanol–water partition coefficient (Wildman–Crippen LogP) is 2.42. The van der Waals surface area contributed by atoms with E-state index < -0.39 is 11.4 Å². The Kier molecular flexibility index (Phi) is 2.65. The third-order valence-corrected chi connectivity index (χ3v) is 3.14. The summed E-state index contributed by atoms with van der Waals surface area (Å²) in [7, 11) is 0. The van der Waals surface area contributed by atoms with Gasteiger partial charge in [0.05, 0.1) is 10.9 Å². The van der Waals surface area contributed by atoms with Gasteiger partial charge in [-0.25, -0.2) is 0 Å². The zero-order valence-electron chi connectivity index (χ0n) is 10.3. The molecule has 0 fully saturated rings. The number of fused-ring (bicyclic) bond motifs is 1. The maximum absolute atomic E-state index is 11.2. The monoisotopic (exact) mass is 232 g/mol. The van der Waals surface area contributed by atoms with Crippen molar-refractivity contribution >= 4 is 16.9 Å². The molecule has 90 valence electrons. The second kappa shape index (κ2) is 3.87. The molecular formula is C13H16N2O2. The van der Waals surface area contributed by atoms with Crippen LogP contribution in [0.25, 0.3) is 10.9 Å². The minimum atomic E-state index is -0.885. The van der Waals surface area contributed by atoms with Crippen LogP contribution in [0.15, 0.2) is 24.4 Å². The lowest BCUT2D eigenvalue weighted by atomic mass is 9.84. The van der Waals surface area contributed by atoms with Gasteiger partial charge in [-0.1, -0.05) is 12.1 Å². The summed E-state index contributed by atoms with van der Waals surface area (Å²) in [6.07, 6.45) is 1.97. The van der Waals surface area contributed by atoms with Crippen LogP contribution >= 0.6 is 0 Å². The molecular weight excluding hydrogens is 216 g/mol. The van der Waals surface area contributed by atoms with Gasteiger partial charge in [-0.3, -0.25) is 9.48 Å². The van der Waals surface area contributed by atoms with Crippen molar-refractivity contribution in [3.63, 3.8) is 0 Å². The van der Waals surface area contributed by atoms with Crippen LogP contribution in [0.5, 0.6) is 0 Å². The number of aliphatic carboxylic acids is 1. The number of hydrogen-bond acceptors (Lipinski definition) is 2. The van der Waals surface area contributed by atoms with E-state index in [9.17, 15) is 9.90 Å². The number of carboxylic acid groups (broad SMARTS) is 1. The molecule has 0 radical (unpaired) electrons. The molecule has 0 spiro atoms. The smallest absolute Gasteiger partial charge is 0.313 e. The van der Waals surface area contributed by atoms with E-state index >= 15 is 0 Å². The second-order valence-corrected chi connectivity index (χ2v) is 4.69. The highest BCUT2D eigenvalue weighted by Gasteiger charge is 2.29. The Hall–Kier alpha value is -1.84. The van der Waals surface area contributed by atoms with Crippen LogP contribution in [0.1, 0.15) is 26.3 Å². The molecule has 0 atom stereocenters. The number of nitrogens with zero attached hydrogens (tertiary/aromatic N) is 2. The fourth-order valence-corrected chi connectivity index (χ4v) is 1.74. The highest BCUT2D eigenvalue weighted by atomic mass is 16.4.